The summed E-state index contributed by atoms with van der Waals surface area (Å²) < 4.78 is 72.6. The molecule has 174 valence electrons. The SMILES string of the molecule is CNSN1CCc2c(C(=O)N3CCC(c4ccc(F)c(F)c4C(F)(F)F)CC3)n[nH]c2C1. The Hall–Kier alpha value is -2.18. The average Bonchev–Trinajstić information content (AvgIpc) is 3.18. The molecule has 2 N–H and O–H groups in total. The third kappa shape index (κ3) is 4.35. The number of piperidine rings is 1. The lowest BCUT2D eigenvalue weighted by molar-refractivity contribution is -0.141. The van der Waals surface area contributed by atoms with E-state index < -0.39 is 29.3 Å². The van der Waals surface area contributed by atoms with Crippen LogP contribution in [0.4, 0.5) is 22.0 Å². The van der Waals surface area contributed by atoms with E-state index in [0.29, 0.717) is 18.7 Å². The van der Waals surface area contributed by atoms with Crippen molar-refractivity contribution in [1.29, 1.82) is 0 Å². The van der Waals surface area contributed by atoms with Gasteiger partial charge in [-0.3, -0.25) is 14.6 Å². The summed E-state index contributed by atoms with van der Waals surface area (Å²) in [5, 5.41) is 7.12. The highest BCUT2D eigenvalue weighted by atomic mass is 32.2. The van der Waals surface area contributed by atoms with Crippen LogP contribution in [-0.2, 0) is 19.1 Å². The number of hydrogen-bond donors (Lipinski definition) is 2. The zero-order valence-corrected chi connectivity index (χ0v) is 18.0. The van der Waals surface area contributed by atoms with Crippen LogP contribution in [0.3, 0.4) is 0 Å². The Morgan fingerprint density at radius 2 is 1.94 bits per heavy atom. The number of aromatic nitrogens is 2. The van der Waals surface area contributed by atoms with Gasteiger partial charge in [0, 0.05) is 37.3 Å². The summed E-state index contributed by atoms with van der Waals surface area (Å²) in [6, 6.07) is 1.73. The van der Waals surface area contributed by atoms with Gasteiger partial charge in [0.1, 0.15) is 0 Å². The molecule has 2 aliphatic rings. The minimum atomic E-state index is -5.00. The summed E-state index contributed by atoms with van der Waals surface area (Å²) >= 11 is 1.47. The fourth-order valence-corrected chi connectivity index (χ4v) is 5.05. The van der Waals surface area contributed by atoms with E-state index in [4.69, 9.17) is 0 Å². The van der Waals surface area contributed by atoms with Crippen molar-refractivity contribution in [2.45, 2.75) is 37.9 Å². The predicted octanol–water partition coefficient (Wildman–Crippen LogP) is 3.87. The second kappa shape index (κ2) is 8.99. The van der Waals surface area contributed by atoms with Gasteiger partial charge in [0.2, 0.25) is 0 Å². The maximum Gasteiger partial charge on any atom is 0.419 e. The van der Waals surface area contributed by atoms with Crippen molar-refractivity contribution >= 4 is 18.0 Å². The summed E-state index contributed by atoms with van der Waals surface area (Å²) in [5.74, 6) is -4.28. The van der Waals surface area contributed by atoms with E-state index in [0.717, 1.165) is 29.9 Å². The summed E-state index contributed by atoms with van der Waals surface area (Å²) in [6.45, 7) is 1.78. The number of H-pyrrole nitrogens is 1. The zero-order chi connectivity index (χ0) is 23.0. The summed E-state index contributed by atoms with van der Waals surface area (Å²) in [6.07, 6.45) is -3.90. The molecule has 2 aromatic rings. The van der Waals surface area contributed by atoms with Crippen LogP contribution >= 0.6 is 12.1 Å². The summed E-state index contributed by atoms with van der Waals surface area (Å²) in [7, 11) is 1.82. The molecule has 1 amide bonds. The van der Waals surface area contributed by atoms with Crippen molar-refractivity contribution < 1.29 is 26.7 Å². The van der Waals surface area contributed by atoms with Crippen LogP contribution < -0.4 is 4.72 Å². The smallest absolute Gasteiger partial charge is 0.337 e. The Morgan fingerprint density at radius 3 is 2.59 bits per heavy atom. The maximum atomic E-state index is 14.0. The normalized spacial score (nSPS) is 18.1. The Morgan fingerprint density at radius 1 is 1.22 bits per heavy atom. The first-order chi connectivity index (χ1) is 15.2. The van der Waals surface area contributed by atoms with E-state index in [9.17, 15) is 26.7 Å². The molecule has 0 radical (unpaired) electrons. The molecule has 1 aromatic carbocycles. The number of nitrogens with zero attached hydrogens (tertiary/aromatic N) is 3. The highest BCUT2D eigenvalue weighted by molar-refractivity contribution is 7.95. The second-order valence-corrected chi connectivity index (χ2v) is 8.94. The van der Waals surface area contributed by atoms with Crippen molar-refractivity contribution in [3.05, 3.63) is 51.8 Å². The molecule has 0 saturated carbocycles. The zero-order valence-electron chi connectivity index (χ0n) is 17.2. The van der Waals surface area contributed by atoms with Crippen LogP contribution in [0.25, 0.3) is 0 Å². The fourth-order valence-electron chi connectivity index (χ4n) is 4.41. The van der Waals surface area contributed by atoms with Gasteiger partial charge >= 0.3 is 6.18 Å². The number of halogens is 5. The van der Waals surface area contributed by atoms with Gasteiger partial charge in [0.05, 0.1) is 17.8 Å². The van der Waals surface area contributed by atoms with Crippen molar-refractivity contribution in [3.8, 4) is 0 Å². The minimum Gasteiger partial charge on any atom is -0.337 e. The number of likely N-dealkylation sites (tertiary alicyclic amines) is 1. The molecule has 1 fully saturated rings. The van der Waals surface area contributed by atoms with Gasteiger partial charge in [-0.15, -0.1) is 0 Å². The molecule has 12 heteroatoms. The molecule has 0 spiro atoms. The number of amides is 1. The number of carbonyl (C=O) groups excluding carboxylic acids is 1. The van der Waals surface area contributed by atoms with Crippen LogP contribution in [0, 0.1) is 11.6 Å². The standard InChI is InChI=1S/C20H22F5N5OS/c1-26-32-30-9-6-13-15(10-30)27-28-18(13)19(31)29-7-4-11(5-8-29)12-2-3-14(21)17(22)16(12)20(23,24)25/h2-3,11,26H,4-10H2,1H3,(H,27,28). The van der Waals surface area contributed by atoms with Crippen LogP contribution in [0.5, 0.6) is 0 Å². The largest absolute Gasteiger partial charge is 0.419 e. The lowest BCUT2D eigenvalue weighted by Gasteiger charge is -2.33. The number of nitrogens with one attached hydrogen (secondary N) is 2. The van der Waals surface area contributed by atoms with E-state index in [1.807, 2.05) is 7.05 Å². The molecule has 0 bridgehead atoms. The molecule has 0 aliphatic carbocycles. The van der Waals surface area contributed by atoms with E-state index in [2.05, 4.69) is 19.2 Å². The van der Waals surface area contributed by atoms with E-state index in [1.54, 1.807) is 4.90 Å². The highest BCUT2D eigenvalue weighted by Gasteiger charge is 2.41. The van der Waals surface area contributed by atoms with E-state index in [1.165, 1.54) is 12.1 Å². The molecule has 0 atom stereocenters. The molecule has 32 heavy (non-hydrogen) atoms. The quantitative estimate of drug-likeness (QED) is 0.519. The van der Waals surface area contributed by atoms with Crippen LogP contribution in [0.2, 0.25) is 0 Å². The molecule has 3 heterocycles. The third-order valence-corrected chi connectivity index (χ3v) is 6.71. The van der Waals surface area contributed by atoms with Gasteiger partial charge in [-0.05, 0) is 43.9 Å². The van der Waals surface area contributed by atoms with Gasteiger partial charge in [-0.2, -0.15) is 18.3 Å². The number of hydrogen-bond acceptors (Lipinski definition) is 5. The molecule has 0 unspecified atom stereocenters. The van der Waals surface area contributed by atoms with Crippen LogP contribution in [-0.4, -0.2) is 52.0 Å². The van der Waals surface area contributed by atoms with Gasteiger partial charge < -0.3 is 4.90 Å². The molecule has 2 aliphatic heterocycles. The molecular weight excluding hydrogens is 453 g/mol. The van der Waals surface area contributed by atoms with E-state index in [-0.39, 0.29) is 37.4 Å². The van der Waals surface area contributed by atoms with Crippen LogP contribution in [0.15, 0.2) is 12.1 Å². The number of aromatic amines is 1. The van der Waals surface area contributed by atoms with Gasteiger partial charge in [-0.25, -0.2) is 13.1 Å². The first kappa shape index (κ1) is 23.0. The summed E-state index contributed by atoms with van der Waals surface area (Å²) in [4.78, 5) is 14.6. The Labute approximate surface area is 185 Å². The molecule has 1 saturated heterocycles. The van der Waals surface area contributed by atoms with Crippen molar-refractivity contribution in [2.24, 2.45) is 0 Å². The predicted molar refractivity (Wildman–Crippen MR) is 109 cm³/mol. The van der Waals surface area contributed by atoms with Crippen molar-refractivity contribution in [1.82, 2.24) is 24.1 Å². The van der Waals surface area contributed by atoms with Crippen molar-refractivity contribution in [3.63, 3.8) is 0 Å². The lowest BCUT2D eigenvalue weighted by atomic mass is 9.85. The Kier molecular flexibility index (Phi) is 6.46. The minimum absolute atomic E-state index is 0.211. The monoisotopic (exact) mass is 475 g/mol. The number of fused-ring (bicyclic) bond motifs is 1. The fraction of sp³-hybridized carbons (Fsp3) is 0.500. The maximum absolute atomic E-state index is 14.0. The van der Waals surface area contributed by atoms with Crippen LogP contribution in [0.1, 0.15) is 51.6 Å². The molecule has 1 aromatic heterocycles. The number of rotatable bonds is 4. The number of alkyl halides is 3. The first-order valence-electron chi connectivity index (χ1n) is 10.2. The second-order valence-electron chi connectivity index (χ2n) is 7.83. The number of benzene rings is 1. The Balaban J connectivity index is 1.47. The highest BCUT2D eigenvalue weighted by Crippen LogP contribution is 2.41. The van der Waals surface area contributed by atoms with Gasteiger partial charge in [0.25, 0.3) is 5.91 Å². The van der Waals surface area contributed by atoms with Gasteiger partial charge in [0.15, 0.2) is 17.3 Å². The third-order valence-electron chi connectivity index (χ3n) is 5.95. The Bertz CT molecular complexity index is 1000. The average molecular weight is 475 g/mol. The molecule has 6 nitrogen and oxygen atoms in total. The van der Waals surface area contributed by atoms with Gasteiger partial charge in [-0.1, -0.05) is 6.07 Å². The number of carbonyl (C=O) groups is 1. The molecular formula is C20H22F5N5OS. The first-order valence-corrected chi connectivity index (χ1v) is 11.0. The lowest BCUT2D eigenvalue weighted by Crippen LogP contribution is -2.39. The topological polar surface area (TPSA) is 64.3 Å². The molecule has 4 rings (SSSR count). The summed E-state index contributed by atoms with van der Waals surface area (Å²) in [5.41, 5.74) is 0.269. The van der Waals surface area contributed by atoms with Crippen molar-refractivity contribution in [2.75, 3.05) is 26.7 Å². The van der Waals surface area contributed by atoms with E-state index >= 15 is 0 Å².